The summed E-state index contributed by atoms with van der Waals surface area (Å²) in [5.41, 5.74) is 2.50. The van der Waals surface area contributed by atoms with Crippen LogP contribution >= 0.6 is 0 Å². The minimum atomic E-state index is -0.443. The molecule has 1 aliphatic rings. The molecule has 1 aliphatic heterocycles. The maximum atomic E-state index is 12.4. The van der Waals surface area contributed by atoms with Crippen molar-refractivity contribution in [3.8, 4) is 0 Å². The lowest BCUT2D eigenvalue weighted by Crippen LogP contribution is -2.42. The molecule has 1 atom stereocenters. The van der Waals surface area contributed by atoms with Crippen LogP contribution in [-0.4, -0.2) is 45.9 Å². The molecule has 0 radical (unpaired) electrons. The number of aliphatic hydroxyl groups excluding tert-OH is 1. The summed E-state index contributed by atoms with van der Waals surface area (Å²) in [6.45, 7) is 6.11. The molecule has 5 nitrogen and oxygen atoms in total. The number of hydrogen-bond donors (Lipinski definition) is 2. The van der Waals surface area contributed by atoms with Crippen LogP contribution in [0.2, 0.25) is 0 Å². The predicted octanol–water partition coefficient (Wildman–Crippen LogP) is 1.43. The van der Waals surface area contributed by atoms with Crippen LogP contribution in [0.15, 0.2) is 0 Å². The number of aromatic amines is 1. The monoisotopic (exact) mass is 264 g/mol. The van der Waals surface area contributed by atoms with Crippen molar-refractivity contribution in [1.82, 2.24) is 9.88 Å². The lowest BCUT2D eigenvalue weighted by molar-refractivity contribution is 0.0469. The summed E-state index contributed by atoms with van der Waals surface area (Å²) in [7, 11) is 0. The lowest BCUT2D eigenvalue weighted by atomic mass is 10.0. The van der Waals surface area contributed by atoms with Crippen molar-refractivity contribution in [2.45, 2.75) is 39.7 Å². The number of carbonyl (C=O) groups is 2. The van der Waals surface area contributed by atoms with Gasteiger partial charge in [-0.05, 0) is 39.2 Å². The standard InChI is InChI=1S/C14H20N2O3/c1-8-12(10(3)17)9(2)15-13(8)14(19)16-6-4-5-11(18)7-16/h11,15,18H,4-7H2,1-3H3. The van der Waals surface area contributed by atoms with E-state index in [4.69, 9.17) is 0 Å². The van der Waals surface area contributed by atoms with Gasteiger partial charge in [-0.2, -0.15) is 0 Å². The van der Waals surface area contributed by atoms with Gasteiger partial charge in [0.05, 0.1) is 6.10 Å². The molecule has 2 heterocycles. The second-order valence-corrected chi connectivity index (χ2v) is 5.23. The molecule has 0 aromatic carbocycles. The Kier molecular flexibility index (Phi) is 3.75. The number of piperidine rings is 1. The van der Waals surface area contributed by atoms with Gasteiger partial charge < -0.3 is 15.0 Å². The number of aliphatic hydroxyl groups is 1. The van der Waals surface area contributed by atoms with Crippen molar-refractivity contribution in [2.75, 3.05) is 13.1 Å². The van der Waals surface area contributed by atoms with Gasteiger partial charge in [0.1, 0.15) is 5.69 Å². The summed E-state index contributed by atoms with van der Waals surface area (Å²) >= 11 is 0. The van der Waals surface area contributed by atoms with Gasteiger partial charge in [-0.3, -0.25) is 9.59 Å². The fraction of sp³-hybridized carbons (Fsp3) is 0.571. The molecule has 1 saturated heterocycles. The molecule has 0 spiro atoms. The Morgan fingerprint density at radius 1 is 1.37 bits per heavy atom. The van der Waals surface area contributed by atoms with Crippen molar-refractivity contribution in [3.63, 3.8) is 0 Å². The van der Waals surface area contributed by atoms with E-state index in [0.717, 1.165) is 18.5 Å². The molecule has 1 aromatic heterocycles. The van der Waals surface area contributed by atoms with Crippen LogP contribution in [0.1, 0.15) is 51.9 Å². The Labute approximate surface area is 112 Å². The summed E-state index contributed by atoms with van der Waals surface area (Å²) in [4.78, 5) is 28.7. The van der Waals surface area contributed by atoms with Crippen LogP contribution in [0.4, 0.5) is 0 Å². The molecule has 1 aromatic rings. The molecule has 0 aliphatic carbocycles. The van der Waals surface area contributed by atoms with Gasteiger partial charge in [0.15, 0.2) is 5.78 Å². The molecule has 104 valence electrons. The van der Waals surface area contributed by atoms with Crippen molar-refractivity contribution >= 4 is 11.7 Å². The van der Waals surface area contributed by atoms with Gasteiger partial charge in [0.2, 0.25) is 0 Å². The number of amides is 1. The average molecular weight is 264 g/mol. The van der Waals surface area contributed by atoms with Gasteiger partial charge in [0.25, 0.3) is 5.91 Å². The molecule has 19 heavy (non-hydrogen) atoms. The Morgan fingerprint density at radius 3 is 2.58 bits per heavy atom. The van der Waals surface area contributed by atoms with Crippen molar-refractivity contribution in [2.24, 2.45) is 0 Å². The van der Waals surface area contributed by atoms with Gasteiger partial charge in [-0.25, -0.2) is 0 Å². The third kappa shape index (κ3) is 2.56. The van der Waals surface area contributed by atoms with E-state index in [-0.39, 0.29) is 11.7 Å². The number of Topliss-reactive ketones (excluding diaryl/α,β-unsaturated/α-hetero) is 1. The number of ketones is 1. The Bertz CT molecular complexity index is 519. The SMILES string of the molecule is CC(=O)c1c(C)[nH]c(C(=O)N2CCCC(O)C2)c1C. The summed E-state index contributed by atoms with van der Waals surface area (Å²) in [6, 6.07) is 0. The van der Waals surface area contributed by atoms with E-state index in [1.807, 2.05) is 0 Å². The molecule has 1 unspecified atom stereocenters. The van der Waals surface area contributed by atoms with Crippen molar-refractivity contribution < 1.29 is 14.7 Å². The fourth-order valence-corrected chi connectivity index (χ4v) is 2.79. The van der Waals surface area contributed by atoms with E-state index in [1.165, 1.54) is 6.92 Å². The first-order valence-corrected chi connectivity index (χ1v) is 6.59. The normalized spacial score (nSPS) is 19.6. The third-order valence-corrected chi connectivity index (χ3v) is 3.69. The minimum absolute atomic E-state index is 0.0380. The molecule has 1 fully saturated rings. The van der Waals surface area contributed by atoms with E-state index in [1.54, 1.807) is 18.7 Å². The highest BCUT2D eigenvalue weighted by Gasteiger charge is 2.27. The first kappa shape index (κ1) is 13.8. The largest absolute Gasteiger partial charge is 0.391 e. The molecular weight excluding hydrogens is 244 g/mol. The number of β-amino-alcohol motifs (C(OH)–C–C–N with tert-alkyl or cyclic N) is 1. The van der Waals surface area contributed by atoms with Gasteiger partial charge in [0, 0.05) is 24.3 Å². The molecule has 0 saturated carbocycles. The van der Waals surface area contributed by atoms with E-state index < -0.39 is 6.10 Å². The van der Waals surface area contributed by atoms with E-state index in [2.05, 4.69) is 4.98 Å². The highest BCUT2D eigenvalue weighted by Crippen LogP contribution is 2.21. The molecule has 2 rings (SSSR count). The number of nitrogens with one attached hydrogen (secondary N) is 1. The lowest BCUT2D eigenvalue weighted by Gasteiger charge is -2.30. The van der Waals surface area contributed by atoms with Crippen LogP contribution in [0.25, 0.3) is 0 Å². The van der Waals surface area contributed by atoms with Crippen LogP contribution in [0.5, 0.6) is 0 Å². The zero-order valence-corrected chi connectivity index (χ0v) is 11.6. The highest BCUT2D eigenvalue weighted by atomic mass is 16.3. The number of H-pyrrole nitrogens is 1. The predicted molar refractivity (Wildman–Crippen MR) is 71.4 cm³/mol. The quantitative estimate of drug-likeness (QED) is 0.794. The van der Waals surface area contributed by atoms with Crippen LogP contribution < -0.4 is 0 Å². The first-order chi connectivity index (χ1) is 8.91. The van der Waals surface area contributed by atoms with E-state index in [9.17, 15) is 14.7 Å². The Balaban J connectivity index is 2.29. The number of aromatic nitrogens is 1. The van der Waals surface area contributed by atoms with Crippen LogP contribution in [-0.2, 0) is 0 Å². The molecule has 2 N–H and O–H groups in total. The number of nitrogens with zero attached hydrogens (tertiary/aromatic N) is 1. The van der Waals surface area contributed by atoms with Crippen LogP contribution in [0.3, 0.4) is 0 Å². The fourth-order valence-electron chi connectivity index (χ4n) is 2.79. The molecule has 5 heteroatoms. The number of aryl methyl sites for hydroxylation is 1. The van der Waals surface area contributed by atoms with E-state index >= 15 is 0 Å². The first-order valence-electron chi connectivity index (χ1n) is 6.59. The smallest absolute Gasteiger partial charge is 0.270 e. The topological polar surface area (TPSA) is 73.4 Å². The average Bonchev–Trinajstić information content (AvgIpc) is 2.63. The summed E-state index contributed by atoms with van der Waals surface area (Å²) < 4.78 is 0. The van der Waals surface area contributed by atoms with Crippen LogP contribution in [0, 0.1) is 13.8 Å². The Hall–Kier alpha value is -1.62. The number of likely N-dealkylation sites (tertiary alicyclic amines) is 1. The molecule has 0 bridgehead atoms. The third-order valence-electron chi connectivity index (χ3n) is 3.69. The summed E-state index contributed by atoms with van der Waals surface area (Å²) in [6.07, 6.45) is 1.11. The van der Waals surface area contributed by atoms with E-state index in [0.29, 0.717) is 29.9 Å². The van der Waals surface area contributed by atoms with Crippen molar-refractivity contribution in [1.29, 1.82) is 0 Å². The Morgan fingerprint density at radius 2 is 2.05 bits per heavy atom. The zero-order valence-electron chi connectivity index (χ0n) is 11.6. The summed E-state index contributed by atoms with van der Waals surface area (Å²) in [5, 5.41) is 9.63. The van der Waals surface area contributed by atoms with Crippen molar-refractivity contribution in [3.05, 3.63) is 22.5 Å². The molecule has 1 amide bonds. The number of hydrogen-bond acceptors (Lipinski definition) is 3. The van der Waals surface area contributed by atoms with Gasteiger partial charge >= 0.3 is 0 Å². The number of carbonyl (C=O) groups excluding carboxylic acids is 2. The zero-order chi connectivity index (χ0) is 14.2. The second kappa shape index (κ2) is 5.17. The second-order valence-electron chi connectivity index (χ2n) is 5.23. The maximum Gasteiger partial charge on any atom is 0.270 e. The minimum Gasteiger partial charge on any atom is -0.391 e. The van der Waals surface area contributed by atoms with Gasteiger partial charge in [-0.1, -0.05) is 0 Å². The number of rotatable bonds is 2. The van der Waals surface area contributed by atoms with Gasteiger partial charge in [-0.15, -0.1) is 0 Å². The molecular formula is C14H20N2O3. The summed E-state index contributed by atoms with van der Waals surface area (Å²) in [5.74, 6) is -0.171. The highest BCUT2D eigenvalue weighted by molar-refractivity contribution is 6.02. The maximum absolute atomic E-state index is 12.4.